The summed E-state index contributed by atoms with van der Waals surface area (Å²) < 4.78 is 0. The maximum Gasteiger partial charge on any atom is 0.322 e. The number of aromatic nitrogens is 2. The predicted octanol–water partition coefficient (Wildman–Crippen LogP) is 3.65. The Balaban J connectivity index is 1.60. The van der Waals surface area contributed by atoms with E-state index >= 15 is 0 Å². The summed E-state index contributed by atoms with van der Waals surface area (Å²) in [6.45, 7) is 10.5. The van der Waals surface area contributed by atoms with Crippen LogP contribution in [0.1, 0.15) is 37.9 Å². The molecule has 2 amide bonds. The van der Waals surface area contributed by atoms with Crippen LogP contribution in [0.2, 0.25) is 0 Å². The van der Waals surface area contributed by atoms with Gasteiger partial charge in [-0.1, -0.05) is 26.0 Å². The van der Waals surface area contributed by atoms with Crippen LogP contribution in [0.15, 0.2) is 36.4 Å². The molecule has 3 rings (SSSR count). The number of anilines is 2. The van der Waals surface area contributed by atoms with E-state index in [0.717, 1.165) is 30.3 Å². The van der Waals surface area contributed by atoms with Crippen LogP contribution in [-0.4, -0.2) is 46.8 Å². The van der Waals surface area contributed by atoms with Crippen molar-refractivity contribution in [1.29, 1.82) is 0 Å². The molecule has 1 N–H and O–H groups in total. The van der Waals surface area contributed by atoms with Crippen LogP contribution in [0, 0.1) is 6.92 Å². The number of carbonyl (C=O) groups is 1. The average molecular weight is 353 g/mol. The molecule has 0 spiro atoms. The average Bonchev–Trinajstić information content (AvgIpc) is 2.62. The largest absolute Gasteiger partial charge is 0.351 e. The number of urea groups is 1. The summed E-state index contributed by atoms with van der Waals surface area (Å²) >= 11 is 0. The second-order valence-electron chi connectivity index (χ2n) is 7.23. The van der Waals surface area contributed by atoms with E-state index in [2.05, 4.69) is 53.3 Å². The summed E-state index contributed by atoms with van der Waals surface area (Å²) in [6.07, 6.45) is 0. The Morgan fingerprint density at radius 2 is 1.85 bits per heavy atom. The van der Waals surface area contributed by atoms with Gasteiger partial charge < -0.3 is 15.1 Å². The van der Waals surface area contributed by atoms with Gasteiger partial charge in [-0.3, -0.25) is 0 Å². The molecule has 6 heteroatoms. The predicted molar refractivity (Wildman–Crippen MR) is 105 cm³/mol. The highest BCUT2D eigenvalue weighted by Gasteiger charge is 2.28. The summed E-state index contributed by atoms with van der Waals surface area (Å²) in [7, 11) is 0. The molecule has 1 aromatic carbocycles. The number of aryl methyl sites for hydroxylation is 1. The lowest BCUT2D eigenvalue weighted by Crippen LogP contribution is -2.55. The van der Waals surface area contributed by atoms with Crippen LogP contribution in [0.25, 0.3) is 0 Å². The topological polar surface area (TPSA) is 61.4 Å². The molecule has 138 valence electrons. The Bertz CT molecular complexity index is 742. The molecule has 0 radical (unpaired) electrons. The molecule has 26 heavy (non-hydrogen) atoms. The van der Waals surface area contributed by atoms with Gasteiger partial charge in [-0.15, -0.1) is 5.10 Å². The molecule has 1 fully saturated rings. The van der Waals surface area contributed by atoms with Crippen molar-refractivity contribution in [2.75, 3.05) is 29.9 Å². The first-order chi connectivity index (χ1) is 12.4. The van der Waals surface area contributed by atoms with E-state index in [-0.39, 0.29) is 12.1 Å². The molecule has 6 nitrogen and oxygen atoms in total. The van der Waals surface area contributed by atoms with Crippen LogP contribution in [0.5, 0.6) is 0 Å². The number of benzene rings is 1. The van der Waals surface area contributed by atoms with Crippen molar-refractivity contribution in [1.82, 2.24) is 15.1 Å². The highest BCUT2D eigenvalue weighted by molar-refractivity contribution is 5.89. The first kappa shape index (κ1) is 18.2. The summed E-state index contributed by atoms with van der Waals surface area (Å²) in [5.74, 6) is 1.35. The van der Waals surface area contributed by atoms with E-state index < -0.39 is 0 Å². The van der Waals surface area contributed by atoms with Gasteiger partial charge in [0.2, 0.25) is 0 Å². The quantitative estimate of drug-likeness (QED) is 0.915. The second kappa shape index (κ2) is 7.72. The molecule has 0 bridgehead atoms. The minimum atomic E-state index is -0.0514. The van der Waals surface area contributed by atoms with Crippen molar-refractivity contribution < 1.29 is 4.79 Å². The van der Waals surface area contributed by atoms with Crippen LogP contribution in [0.3, 0.4) is 0 Å². The third-order valence-electron chi connectivity index (χ3n) is 4.82. The van der Waals surface area contributed by atoms with E-state index in [0.29, 0.717) is 12.5 Å². The number of hydrogen-bond donors (Lipinski definition) is 1. The number of carbonyl (C=O) groups excluding carboxylic acids is 1. The van der Waals surface area contributed by atoms with Crippen molar-refractivity contribution in [2.24, 2.45) is 0 Å². The number of rotatable bonds is 3. The number of nitrogens with one attached hydrogen (secondary N) is 1. The van der Waals surface area contributed by atoms with Gasteiger partial charge in [0.05, 0.1) is 5.69 Å². The molecule has 1 saturated heterocycles. The second-order valence-corrected chi connectivity index (χ2v) is 7.23. The van der Waals surface area contributed by atoms with Gasteiger partial charge in [-0.2, -0.15) is 5.10 Å². The van der Waals surface area contributed by atoms with Crippen LogP contribution in [0.4, 0.5) is 16.3 Å². The third-order valence-corrected chi connectivity index (χ3v) is 4.82. The van der Waals surface area contributed by atoms with E-state index in [1.807, 2.05) is 36.1 Å². The standard InChI is InChI=1S/C20H27N5O/c1-14(2)17-6-8-18(9-7-17)21-20(26)25-12-11-24(13-16(25)4)19-10-5-15(3)22-23-19/h5-10,14,16H,11-13H2,1-4H3,(H,21,26)/t16-/m0/s1. The van der Waals surface area contributed by atoms with Crippen molar-refractivity contribution in [2.45, 2.75) is 39.7 Å². The highest BCUT2D eigenvalue weighted by atomic mass is 16.2. The van der Waals surface area contributed by atoms with Crippen molar-refractivity contribution in [3.8, 4) is 0 Å². The molecule has 0 saturated carbocycles. The maximum atomic E-state index is 12.7. The zero-order chi connectivity index (χ0) is 18.7. The molecule has 1 aliphatic rings. The normalized spacial score (nSPS) is 17.5. The van der Waals surface area contributed by atoms with Gasteiger partial charge >= 0.3 is 6.03 Å². The maximum absolute atomic E-state index is 12.7. The summed E-state index contributed by atoms with van der Waals surface area (Å²) in [4.78, 5) is 16.7. The zero-order valence-electron chi connectivity index (χ0n) is 15.9. The van der Waals surface area contributed by atoms with Gasteiger partial charge in [0.25, 0.3) is 0 Å². The van der Waals surface area contributed by atoms with Gasteiger partial charge in [0, 0.05) is 31.4 Å². The Hall–Kier alpha value is -2.63. The summed E-state index contributed by atoms with van der Waals surface area (Å²) in [6, 6.07) is 12.1. The van der Waals surface area contributed by atoms with Crippen LogP contribution >= 0.6 is 0 Å². The SMILES string of the molecule is Cc1ccc(N2CCN(C(=O)Nc3ccc(C(C)C)cc3)[C@@H](C)C2)nn1. The lowest BCUT2D eigenvalue weighted by molar-refractivity contribution is 0.184. The molecular weight excluding hydrogens is 326 g/mol. The summed E-state index contributed by atoms with van der Waals surface area (Å²) in [5, 5.41) is 11.4. The van der Waals surface area contributed by atoms with Crippen LogP contribution in [-0.2, 0) is 0 Å². The first-order valence-corrected chi connectivity index (χ1v) is 9.17. The molecule has 0 unspecified atom stereocenters. The van der Waals surface area contributed by atoms with Gasteiger partial charge in [-0.25, -0.2) is 4.79 Å². The Morgan fingerprint density at radius 3 is 2.42 bits per heavy atom. The molecule has 1 aromatic heterocycles. The third kappa shape index (κ3) is 4.12. The fourth-order valence-electron chi connectivity index (χ4n) is 3.17. The Morgan fingerprint density at radius 1 is 1.12 bits per heavy atom. The lowest BCUT2D eigenvalue weighted by atomic mass is 10.0. The monoisotopic (exact) mass is 353 g/mol. The molecule has 0 aliphatic carbocycles. The smallest absolute Gasteiger partial charge is 0.322 e. The van der Waals surface area contributed by atoms with E-state index in [1.54, 1.807) is 0 Å². The van der Waals surface area contributed by atoms with Crippen molar-refractivity contribution >= 4 is 17.5 Å². The Kier molecular flexibility index (Phi) is 5.40. The van der Waals surface area contributed by atoms with Crippen LogP contribution < -0.4 is 10.2 Å². The molecule has 2 aromatic rings. The summed E-state index contributed by atoms with van der Waals surface area (Å²) in [5.41, 5.74) is 3.01. The van der Waals surface area contributed by atoms with E-state index in [1.165, 1.54) is 5.56 Å². The Labute approximate surface area is 155 Å². The zero-order valence-corrected chi connectivity index (χ0v) is 15.9. The number of nitrogens with zero attached hydrogens (tertiary/aromatic N) is 4. The van der Waals surface area contributed by atoms with Gasteiger partial charge in [0.1, 0.15) is 0 Å². The van der Waals surface area contributed by atoms with Crippen molar-refractivity contribution in [3.63, 3.8) is 0 Å². The highest BCUT2D eigenvalue weighted by Crippen LogP contribution is 2.20. The van der Waals surface area contributed by atoms with E-state index in [4.69, 9.17) is 0 Å². The van der Waals surface area contributed by atoms with Gasteiger partial charge in [-0.05, 0) is 49.6 Å². The minimum Gasteiger partial charge on any atom is -0.351 e. The lowest BCUT2D eigenvalue weighted by Gasteiger charge is -2.40. The molecule has 2 heterocycles. The fourth-order valence-corrected chi connectivity index (χ4v) is 3.17. The molecular formula is C20H27N5O. The first-order valence-electron chi connectivity index (χ1n) is 9.17. The van der Waals surface area contributed by atoms with Crippen molar-refractivity contribution in [3.05, 3.63) is 47.7 Å². The number of piperazine rings is 1. The van der Waals surface area contributed by atoms with E-state index in [9.17, 15) is 4.79 Å². The molecule has 1 aliphatic heterocycles. The minimum absolute atomic E-state index is 0.0514. The number of amides is 2. The fraction of sp³-hybridized carbons (Fsp3) is 0.450. The van der Waals surface area contributed by atoms with Gasteiger partial charge in [0.15, 0.2) is 5.82 Å². The molecule has 1 atom stereocenters. The number of hydrogen-bond acceptors (Lipinski definition) is 4.